The van der Waals surface area contributed by atoms with Crippen molar-refractivity contribution >= 4 is 15.9 Å². The second kappa shape index (κ2) is 7.03. The predicted molar refractivity (Wildman–Crippen MR) is 65.5 cm³/mol. The van der Waals surface area contributed by atoms with Gasteiger partial charge in [0, 0.05) is 32.9 Å². The molecule has 0 bridgehead atoms. The van der Waals surface area contributed by atoms with E-state index < -0.39 is 12.6 Å². The van der Waals surface area contributed by atoms with E-state index in [2.05, 4.69) is 20.9 Å². The molecule has 1 rings (SSSR count). The highest BCUT2D eigenvalue weighted by Gasteiger charge is 2.17. The molecule has 0 amide bonds. The Labute approximate surface area is 109 Å². The summed E-state index contributed by atoms with van der Waals surface area (Å²) in [4.78, 5) is 4.39. The number of ether oxygens (including phenoxy) is 4. The van der Waals surface area contributed by atoms with E-state index in [1.54, 1.807) is 28.4 Å². The highest BCUT2D eigenvalue weighted by Crippen LogP contribution is 2.24. The van der Waals surface area contributed by atoms with Crippen LogP contribution in [0.15, 0.2) is 16.6 Å². The monoisotopic (exact) mass is 305 g/mol. The van der Waals surface area contributed by atoms with Gasteiger partial charge in [-0.3, -0.25) is 0 Å². The van der Waals surface area contributed by atoms with Gasteiger partial charge in [-0.15, -0.1) is 0 Å². The van der Waals surface area contributed by atoms with Gasteiger partial charge in [0.15, 0.2) is 0 Å². The summed E-state index contributed by atoms with van der Waals surface area (Å²) in [5.41, 5.74) is 1.30. The number of hydrogen-bond acceptors (Lipinski definition) is 5. The Bertz CT molecular complexity index is 323. The van der Waals surface area contributed by atoms with Crippen molar-refractivity contribution in [3.05, 3.63) is 28.0 Å². The molecule has 0 aliphatic rings. The molecule has 0 aliphatic carbocycles. The topological polar surface area (TPSA) is 49.8 Å². The summed E-state index contributed by atoms with van der Waals surface area (Å²) in [6, 6.07) is 3.65. The van der Waals surface area contributed by atoms with Crippen molar-refractivity contribution in [2.45, 2.75) is 12.6 Å². The van der Waals surface area contributed by atoms with Crippen LogP contribution in [0.4, 0.5) is 0 Å². The van der Waals surface area contributed by atoms with Crippen LogP contribution in [0, 0.1) is 0 Å². The molecule has 0 spiro atoms. The minimum absolute atomic E-state index is 0.513. The number of rotatable bonds is 6. The lowest BCUT2D eigenvalue weighted by Crippen LogP contribution is -2.11. The lowest BCUT2D eigenvalue weighted by Gasteiger charge is -2.17. The Balaban J connectivity index is 3.08. The predicted octanol–water partition coefficient (Wildman–Crippen LogP) is 2.43. The van der Waals surface area contributed by atoms with Crippen LogP contribution in [0.2, 0.25) is 0 Å². The maximum absolute atomic E-state index is 5.16. The third-order valence-corrected chi connectivity index (χ3v) is 2.63. The zero-order chi connectivity index (χ0) is 12.8. The summed E-state index contributed by atoms with van der Waals surface area (Å²) in [5, 5.41) is 0. The molecule has 17 heavy (non-hydrogen) atoms. The number of methoxy groups -OCH3 is 4. The molecule has 96 valence electrons. The van der Waals surface area contributed by atoms with Crippen molar-refractivity contribution in [3.8, 4) is 0 Å². The van der Waals surface area contributed by atoms with Crippen molar-refractivity contribution in [2.75, 3.05) is 28.4 Å². The van der Waals surface area contributed by atoms with Gasteiger partial charge in [0.2, 0.25) is 12.6 Å². The van der Waals surface area contributed by atoms with Crippen LogP contribution in [0.25, 0.3) is 0 Å². The highest BCUT2D eigenvalue weighted by atomic mass is 79.9. The van der Waals surface area contributed by atoms with Gasteiger partial charge in [-0.1, -0.05) is 15.9 Å². The van der Waals surface area contributed by atoms with Gasteiger partial charge in [0.1, 0.15) is 0 Å². The van der Waals surface area contributed by atoms with Crippen LogP contribution >= 0.6 is 15.9 Å². The molecule has 0 radical (unpaired) electrons. The molecule has 0 saturated carbocycles. The van der Waals surface area contributed by atoms with E-state index in [4.69, 9.17) is 18.9 Å². The average Bonchev–Trinajstić information content (AvgIpc) is 2.31. The Hall–Kier alpha value is -0.530. The second-order valence-electron chi connectivity index (χ2n) is 3.24. The Morgan fingerprint density at radius 1 is 0.882 bits per heavy atom. The summed E-state index contributed by atoms with van der Waals surface area (Å²) in [7, 11) is 6.22. The van der Waals surface area contributed by atoms with Gasteiger partial charge < -0.3 is 18.9 Å². The number of pyridine rings is 1. The molecule has 1 aromatic rings. The van der Waals surface area contributed by atoms with Crippen molar-refractivity contribution in [1.82, 2.24) is 4.98 Å². The molecule has 0 N–H and O–H groups in total. The van der Waals surface area contributed by atoms with Crippen LogP contribution < -0.4 is 0 Å². The van der Waals surface area contributed by atoms with Crippen LogP contribution in [-0.4, -0.2) is 33.4 Å². The van der Waals surface area contributed by atoms with E-state index >= 15 is 0 Å². The Kier molecular flexibility index (Phi) is 6.01. The summed E-state index contributed by atoms with van der Waals surface area (Å²) >= 11 is 3.40. The van der Waals surface area contributed by atoms with Crippen LogP contribution in [-0.2, 0) is 18.9 Å². The van der Waals surface area contributed by atoms with Crippen molar-refractivity contribution in [3.63, 3.8) is 0 Å². The third-order valence-electron chi connectivity index (χ3n) is 2.17. The molecule has 1 aromatic heterocycles. The minimum Gasteiger partial charge on any atom is -0.350 e. The molecule has 0 atom stereocenters. The molecule has 1 heterocycles. The Morgan fingerprint density at radius 3 is 1.53 bits per heavy atom. The van der Waals surface area contributed by atoms with Gasteiger partial charge in [-0.05, 0) is 12.1 Å². The highest BCUT2D eigenvalue weighted by molar-refractivity contribution is 9.10. The maximum atomic E-state index is 5.16. The van der Waals surface area contributed by atoms with E-state index in [1.807, 2.05) is 12.1 Å². The van der Waals surface area contributed by atoms with Crippen molar-refractivity contribution in [2.24, 2.45) is 0 Å². The zero-order valence-electron chi connectivity index (χ0n) is 10.3. The first-order valence-electron chi connectivity index (χ1n) is 4.94. The van der Waals surface area contributed by atoms with E-state index in [0.29, 0.717) is 11.4 Å². The van der Waals surface area contributed by atoms with Gasteiger partial charge in [0.25, 0.3) is 0 Å². The smallest absolute Gasteiger partial charge is 0.200 e. The fourth-order valence-electron chi connectivity index (χ4n) is 1.45. The lowest BCUT2D eigenvalue weighted by molar-refractivity contribution is -0.115. The summed E-state index contributed by atoms with van der Waals surface area (Å²) < 4.78 is 21.5. The standard InChI is InChI=1S/C11H16BrNO4/c1-14-10(15-2)8-5-7(12)6-9(13-8)11(16-3)17-4/h5-6,10-11H,1-4H3. The normalized spacial score (nSPS) is 11.5. The average molecular weight is 306 g/mol. The maximum Gasteiger partial charge on any atom is 0.200 e. The third kappa shape index (κ3) is 3.72. The first-order valence-corrected chi connectivity index (χ1v) is 5.74. The summed E-state index contributed by atoms with van der Waals surface area (Å²) in [6.07, 6.45) is -1.03. The first kappa shape index (κ1) is 14.5. The summed E-state index contributed by atoms with van der Waals surface area (Å²) in [6.45, 7) is 0. The molecule has 0 saturated heterocycles. The fraction of sp³-hybridized carbons (Fsp3) is 0.545. The number of aromatic nitrogens is 1. The van der Waals surface area contributed by atoms with Crippen molar-refractivity contribution < 1.29 is 18.9 Å². The largest absolute Gasteiger partial charge is 0.350 e. The van der Waals surface area contributed by atoms with E-state index in [9.17, 15) is 0 Å². The zero-order valence-corrected chi connectivity index (χ0v) is 11.9. The van der Waals surface area contributed by atoms with E-state index in [-0.39, 0.29) is 0 Å². The van der Waals surface area contributed by atoms with Crippen molar-refractivity contribution in [1.29, 1.82) is 0 Å². The number of halogens is 1. The molecule has 5 nitrogen and oxygen atoms in total. The van der Waals surface area contributed by atoms with Gasteiger partial charge in [-0.25, -0.2) is 4.98 Å². The van der Waals surface area contributed by atoms with Crippen LogP contribution in [0.3, 0.4) is 0 Å². The first-order chi connectivity index (χ1) is 8.15. The quantitative estimate of drug-likeness (QED) is 0.756. The fourth-order valence-corrected chi connectivity index (χ4v) is 1.92. The minimum atomic E-state index is -0.513. The molecule has 0 unspecified atom stereocenters. The number of nitrogens with zero attached hydrogens (tertiary/aromatic N) is 1. The molecular formula is C11H16BrNO4. The molecular weight excluding hydrogens is 290 g/mol. The lowest BCUT2D eigenvalue weighted by atomic mass is 10.3. The van der Waals surface area contributed by atoms with Gasteiger partial charge in [0.05, 0.1) is 11.4 Å². The molecule has 6 heteroatoms. The molecule has 0 fully saturated rings. The summed E-state index contributed by atoms with van der Waals surface area (Å²) in [5.74, 6) is 0. The number of hydrogen-bond donors (Lipinski definition) is 0. The van der Waals surface area contributed by atoms with Crippen LogP contribution in [0.1, 0.15) is 24.0 Å². The van der Waals surface area contributed by atoms with Crippen LogP contribution in [0.5, 0.6) is 0 Å². The Morgan fingerprint density at radius 2 is 1.24 bits per heavy atom. The van der Waals surface area contributed by atoms with E-state index in [0.717, 1.165) is 4.47 Å². The van der Waals surface area contributed by atoms with Gasteiger partial charge in [-0.2, -0.15) is 0 Å². The van der Waals surface area contributed by atoms with E-state index in [1.165, 1.54) is 0 Å². The SMILES string of the molecule is COC(OC)c1cc(Br)cc(C(OC)OC)n1. The second-order valence-corrected chi connectivity index (χ2v) is 4.16. The molecule has 0 aliphatic heterocycles. The molecule has 0 aromatic carbocycles. The van der Waals surface area contributed by atoms with Gasteiger partial charge >= 0.3 is 0 Å².